The van der Waals surface area contributed by atoms with Gasteiger partial charge in [-0.2, -0.15) is 0 Å². The third kappa shape index (κ3) is 3.53. The molecule has 0 aliphatic rings. The molecular weight excluding hydrogens is 88.1 g/mol. The Hall–Kier alpha value is -0.300. The van der Waals surface area contributed by atoms with Crippen molar-refractivity contribution in [3.63, 3.8) is 0 Å². The zero-order chi connectivity index (χ0) is 5.70. The molecular formula is C6H12O. The van der Waals surface area contributed by atoms with Gasteiger partial charge < -0.3 is 4.74 Å². The molecule has 0 rings (SSSR count). The van der Waals surface area contributed by atoms with Gasteiger partial charge in [0.15, 0.2) is 0 Å². The molecule has 42 valence electrons. The third-order valence-corrected chi connectivity index (χ3v) is 0.835. The number of methoxy groups -OCH3 is 1. The molecule has 0 aromatic rings. The van der Waals surface area contributed by atoms with Gasteiger partial charge >= 0.3 is 0 Å². The van der Waals surface area contributed by atoms with Gasteiger partial charge in [-0.1, -0.05) is 12.2 Å². The van der Waals surface area contributed by atoms with E-state index in [-0.39, 0.29) is 6.10 Å². The number of rotatable bonds is 2. The van der Waals surface area contributed by atoms with Crippen LogP contribution in [0.25, 0.3) is 0 Å². The van der Waals surface area contributed by atoms with Crippen LogP contribution < -0.4 is 0 Å². The molecule has 1 atom stereocenters. The van der Waals surface area contributed by atoms with Gasteiger partial charge in [0.1, 0.15) is 0 Å². The highest BCUT2D eigenvalue weighted by atomic mass is 16.5. The largest absolute Gasteiger partial charge is 0.378 e. The highest BCUT2D eigenvalue weighted by Gasteiger charge is 1.85. The minimum absolute atomic E-state index is 0.269. The summed E-state index contributed by atoms with van der Waals surface area (Å²) in [5, 5.41) is 0. The molecule has 0 saturated carbocycles. The van der Waals surface area contributed by atoms with E-state index < -0.39 is 0 Å². The van der Waals surface area contributed by atoms with Gasteiger partial charge in [0, 0.05) is 7.11 Å². The fraction of sp³-hybridized carbons (Fsp3) is 0.667. The second-order valence-electron chi connectivity index (χ2n) is 1.47. The predicted molar refractivity (Wildman–Crippen MR) is 31.3 cm³/mol. The second kappa shape index (κ2) is 3.88. The molecule has 0 radical (unpaired) electrons. The van der Waals surface area contributed by atoms with Crippen LogP contribution in [0.1, 0.15) is 13.8 Å². The van der Waals surface area contributed by atoms with Gasteiger partial charge in [-0.05, 0) is 13.8 Å². The van der Waals surface area contributed by atoms with E-state index in [1.54, 1.807) is 7.11 Å². The topological polar surface area (TPSA) is 9.23 Å². The Morgan fingerprint density at radius 2 is 2.14 bits per heavy atom. The van der Waals surface area contributed by atoms with Crippen LogP contribution in [-0.4, -0.2) is 13.2 Å². The van der Waals surface area contributed by atoms with E-state index in [0.717, 1.165) is 0 Å². The Labute approximate surface area is 45.0 Å². The van der Waals surface area contributed by atoms with Crippen LogP contribution in [0.2, 0.25) is 0 Å². The summed E-state index contributed by atoms with van der Waals surface area (Å²) in [6, 6.07) is 0. The molecule has 0 amide bonds. The fourth-order valence-electron chi connectivity index (χ4n) is 0.350. The molecule has 0 N–H and O–H groups in total. The summed E-state index contributed by atoms with van der Waals surface area (Å²) in [6.45, 7) is 3.98. The van der Waals surface area contributed by atoms with E-state index in [1.165, 1.54) is 0 Å². The summed E-state index contributed by atoms with van der Waals surface area (Å²) < 4.78 is 4.90. The van der Waals surface area contributed by atoms with Gasteiger partial charge in [0.25, 0.3) is 0 Å². The van der Waals surface area contributed by atoms with Gasteiger partial charge in [-0.25, -0.2) is 0 Å². The van der Waals surface area contributed by atoms with Crippen molar-refractivity contribution < 1.29 is 4.74 Å². The van der Waals surface area contributed by atoms with Crippen molar-refractivity contribution in [2.75, 3.05) is 7.11 Å². The number of hydrogen-bond donors (Lipinski definition) is 0. The van der Waals surface area contributed by atoms with Crippen LogP contribution in [0.15, 0.2) is 12.2 Å². The van der Waals surface area contributed by atoms with Crippen molar-refractivity contribution in [2.45, 2.75) is 20.0 Å². The molecule has 1 nitrogen and oxygen atoms in total. The van der Waals surface area contributed by atoms with Crippen LogP contribution in [0.3, 0.4) is 0 Å². The van der Waals surface area contributed by atoms with Crippen molar-refractivity contribution in [3.05, 3.63) is 12.2 Å². The van der Waals surface area contributed by atoms with Crippen LogP contribution in [0, 0.1) is 0 Å². The highest BCUT2D eigenvalue weighted by Crippen LogP contribution is 1.86. The van der Waals surface area contributed by atoms with Crippen LogP contribution in [0.4, 0.5) is 0 Å². The summed E-state index contributed by atoms with van der Waals surface area (Å²) in [4.78, 5) is 0. The summed E-state index contributed by atoms with van der Waals surface area (Å²) in [5.74, 6) is 0. The zero-order valence-electron chi connectivity index (χ0n) is 5.14. The van der Waals surface area contributed by atoms with Crippen LogP contribution >= 0.6 is 0 Å². The standard InChI is InChI=1S/C6H12O/c1-4-5-6(2)7-3/h4-6H,1-3H3/b5-4+/t6-/m0/s1. The number of ether oxygens (including phenoxy) is 1. The molecule has 0 bridgehead atoms. The lowest BCUT2D eigenvalue weighted by Crippen LogP contribution is -1.97. The van der Waals surface area contributed by atoms with E-state index in [1.807, 2.05) is 26.0 Å². The lowest BCUT2D eigenvalue weighted by Gasteiger charge is -1.98. The first-order valence-corrected chi connectivity index (χ1v) is 2.47. The molecule has 0 spiro atoms. The van der Waals surface area contributed by atoms with Crippen LogP contribution in [-0.2, 0) is 4.74 Å². The molecule has 0 fully saturated rings. The number of allylic oxidation sites excluding steroid dienone is 1. The van der Waals surface area contributed by atoms with E-state index in [2.05, 4.69) is 0 Å². The summed E-state index contributed by atoms with van der Waals surface area (Å²) in [6.07, 6.45) is 4.25. The lowest BCUT2D eigenvalue weighted by atomic mass is 10.4. The molecule has 0 aromatic carbocycles. The SMILES string of the molecule is C/C=C/[C@H](C)OC. The molecule has 7 heavy (non-hydrogen) atoms. The predicted octanol–water partition coefficient (Wildman–Crippen LogP) is 1.60. The van der Waals surface area contributed by atoms with Gasteiger partial charge in [0.05, 0.1) is 6.10 Å². The maximum Gasteiger partial charge on any atom is 0.0723 e. The van der Waals surface area contributed by atoms with Crippen molar-refractivity contribution in [2.24, 2.45) is 0 Å². The molecule has 0 unspecified atom stereocenters. The normalized spacial score (nSPS) is 15.3. The molecule has 0 aromatic heterocycles. The first-order valence-electron chi connectivity index (χ1n) is 2.47. The Kier molecular flexibility index (Phi) is 3.71. The van der Waals surface area contributed by atoms with Gasteiger partial charge in [-0.15, -0.1) is 0 Å². The average molecular weight is 100 g/mol. The summed E-state index contributed by atoms with van der Waals surface area (Å²) in [5.41, 5.74) is 0. The van der Waals surface area contributed by atoms with Crippen LogP contribution in [0.5, 0.6) is 0 Å². The van der Waals surface area contributed by atoms with E-state index in [9.17, 15) is 0 Å². The van der Waals surface area contributed by atoms with Crippen molar-refractivity contribution in [3.8, 4) is 0 Å². The zero-order valence-corrected chi connectivity index (χ0v) is 5.14. The quantitative estimate of drug-likeness (QED) is 0.479. The Bertz CT molecular complexity index is 57.2. The summed E-state index contributed by atoms with van der Waals surface area (Å²) in [7, 11) is 1.70. The Morgan fingerprint density at radius 1 is 1.57 bits per heavy atom. The van der Waals surface area contributed by atoms with Crippen molar-refractivity contribution in [1.29, 1.82) is 0 Å². The molecule has 0 aliphatic heterocycles. The minimum Gasteiger partial charge on any atom is -0.378 e. The molecule has 0 heterocycles. The third-order valence-electron chi connectivity index (χ3n) is 0.835. The second-order valence-corrected chi connectivity index (χ2v) is 1.47. The minimum atomic E-state index is 0.269. The smallest absolute Gasteiger partial charge is 0.0723 e. The van der Waals surface area contributed by atoms with Crippen molar-refractivity contribution >= 4 is 0 Å². The van der Waals surface area contributed by atoms with Crippen molar-refractivity contribution in [1.82, 2.24) is 0 Å². The van der Waals surface area contributed by atoms with E-state index >= 15 is 0 Å². The molecule has 0 saturated heterocycles. The average Bonchev–Trinajstić information content (AvgIpc) is 1.68. The first kappa shape index (κ1) is 6.70. The Morgan fingerprint density at radius 3 is 2.29 bits per heavy atom. The molecule has 0 aliphatic carbocycles. The number of hydrogen-bond acceptors (Lipinski definition) is 1. The first-order chi connectivity index (χ1) is 3.31. The lowest BCUT2D eigenvalue weighted by molar-refractivity contribution is 0.156. The Balaban J connectivity index is 3.16. The molecule has 1 heteroatoms. The fourth-order valence-corrected chi connectivity index (χ4v) is 0.350. The van der Waals surface area contributed by atoms with Gasteiger partial charge in [-0.3, -0.25) is 0 Å². The maximum absolute atomic E-state index is 4.90. The summed E-state index contributed by atoms with van der Waals surface area (Å²) >= 11 is 0. The van der Waals surface area contributed by atoms with E-state index in [0.29, 0.717) is 0 Å². The van der Waals surface area contributed by atoms with Gasteiger partial charge in [0.2, 0.25) is 0 Å². The monoisotopic (exact) mass is 100 g/mol. The maximum atomic E-state index is 4.90. The van der Waals surface area contributed by atoms with E-state index in [4.69, 9.17) is 4.74 Å². The highest BCUT2D eigenvalue weighted by molar-refractivity contribution is 4.82.